The van der Waals surface area contributed by atoms with Crippen molar-refractivity contribution in [2.75, 3.05) is 5.32 Å². The summed E-state index contributed by atoms with van der Waals surface area (Å²) in [7, 11) is 1.77. The van der Waals surface area contributed by atoms with Gasteiger partial charge < -0.3 is 5.32 Å². The fraction of sp³-hybridized carbons (Fsp3) is 0.267. The number of rotatable bonds is 5. The van der Waals surface area contributed by atoms with Gasteiger partial charge in [-0.3, -0.25) is 14.3 Å². The molecule has 0 aliphatic heterocycles. The van der Waals surface area contributed by atoms with Gasteiger partial charge in [-0.15, -0.1) is 0 Å². The molecule has 0 radical (unpaired) electrons. The first kappa shape index (κ1) is 14.0. The summed E-state index contributed by atoms with van der Waals surface area (Å²) in [6.07, 6.45) is 2.10. The van der Waals surface area contributed by atoms with Crippen LogP contribution in [0.4, 0.5) is 5.82 Å². The van der Waals surface area contributed by atoms with Gasteiger partial charge in [-0.05, 0) is 6.92 Å². The van der Waals surface area contributed by atoms with E-state index in [2.05, 4.69) is 10.4 Å². The molecule has 1 aromatic carbocycles. The number of hydrogen-bond donors (Lipinski definition) is 1. The molecule has 1 heterocycles. The van der Waals surface area contributed by atoms with E-state index in [9.17, 15) is 9.59 Å². The summed E-state index contributed by atoms with van der Waals surface area (Å²) in [5.41, 5.74) is 1.75. The number of ketones is 1. The summed E-state index contributed by atoms with van der Waals surface area (Å²) >= 11 is 0. The normalized spacial score (nSPS) is 10.3. The maximum Gasteiger partial charge on any atom is 0.226 e. The number of Topliss-reactive ketones (excluding diaryl/α,β-unsaturated/α-hetero) is 1. The van der Waals surface area contributed by atoms with Crippen molar-refractivity contribution < 1.29 is 9.59 Å². The molecule has 0 aliphatic rings. The highest BCUT2D eigenvalue weighted by atomic mass is 16.2. The standard InChI is InChI=1S/C15H17N3O2/c1-11-3-5-12(6-4-11)13(19)7-8-15(20)16-14-9-10-18(2)17-14/h3-6,9-10H,7-8H2,1-2H3,(H,16,17,20). The van der Waals surface area contributed by atoms with Crippen LogP contribution >= 0.6 is 0 Å². The van der Waals surface area contributed by atoms with Crippen LogP contribution in [-0.2, 0) is 11.8 Å². The third-order valence-corrected chi connectivity index (χ3v) is 2.93. The quantitative estimate of drug-likeness (QED) is 0.849. The van der Waals surface area contributed by atoms with Gasteiger partial charge in [0, 0.05) is 37.7 Å². The zero-order chi connectivity index (χ0) is 14.5. The molecule has 0 spiro atoms. The molecule has 1 aromatic heterocycles. The van der Waals surface area contributed by atoms with Gasteiger partial charge >= 0.3 is 0 Å². The van der Waals surface area contributed by atoms with Crippen LogP contribution < -0.4 is 5.32 Å². The molecular weight excluding hydrogens is 254 g/mol. The number of benzene rings is 1. The zero-order valence-corrected chi connectivity index (χ0v) is 11.6. The topological polar surface area (TPSA) is 64.0 Å². The molecule has 104 valence electrons. The van der Waals surface area contributed by atoms with Gasteiger partial charge in [-0.1, -0.05) is 29.8 Å². The van der Waals surface area contributed by atoms with E-state index in [1.165, 1.54) is 0 Å². The maximum atomic E-state index is 11.9. The number of nitrogens with one attached hydrogen (secondary N) is 1. The lowest BCUT2D eigenvalue weighted by Crippen LogP contribution is -2.14. The highest BCUT2D eigenvalue weighted by Gasteiger charge is 2.10. The van der Waals surface area contributed by atoms with E-state index in [1.807, 2.05) is 19.1 Å². The van der Waals surface area contributed by atoms with E-state index < -0.39 is 0 Å². The van der Waals surface area contributed by atoms with Crippen LogP contribution in [0.2, 0.25) is 0 Å². The van der Waals surface area contributed by atoms with Gasteiger partial charge in [-0.25, -0.2) is 0 Å². The molecule has 20 heavy (non-hydrogen) atoms. The molecule has 2 rings (SSSR count). The zero-order valence-electron chi connectivity index (χ0n) is 11.6. The van der Waals surface area contributed by atoms with Crippen molar-refractivity contribution >= 4 is 17.5 Å². The number of hydrogen-bond acceptors (Lipinski definition) is 3. The third-order valence-electron chi connectivity index (χ3n) is 2.93. The van der Waals surface area contributed by atoms with E-state index in [1.54, 1.807) is 36.1 Å². The SMILES string of the molecule is Cc1ccc(C(=O)CCC(=O)Nc2ccn(C)n2)cc1. The Morgan fingerprint density at radius 1 is 1.15 bits per heavy atom. The summed E-state index contributed by atoms with van der Waals surface area (Å²) in [5.74, 6) is 0.269. The molecule has 1 amide bonds. The molecular formula is C15H17N3O2. The highest BCUT2D eigenvalue weighted by molar-refractivity contribution is 5.99. The van der Waals surface area contributed by atoms with E-state index in [0.29, 0.717) is 11.4 Å². The fourth-order valence-corrected chi connectivity index (χ4v) is 1.80. The van der Waals surface area contributed by atoms with Gasteiger partial charge in [0.25, 0.3) is 0 Å². The van der Waals surface area contributed by atoms with Crippen molar-refractivity contribution in [1.82, 2.24) is 9.78 Å². The Bertz CT molecular complexity index is 614. The van der Waals surface area contributed by atoms with E-state index >= 15 is 0 Å². The number of anilines is 1. The van der Waals surface area contributed by atoms with Crippen LogP contribution in [0, 0.1) is 6.92 Å². The highest BCUT2D eigenvalue weighted by Crippen LogP contribution is 2.09. The van der Waals surface area contributed by atoms with E-state index in [-0.39, 0.29) is 24.5 Å². The van der Waals surface area contributed by atoms with Gasteiger partial charge in [0.1, 0.15) is 0 Å². The molecule has 0 atom stereocenters. The van der Waals surface area contributed by atoms with Crippen molar-refractivity contribution in [3.05, 3.63) is 47.7 Å². The molecule has 5 nitrogen and oxygen atoms in total. The van der Waals surface area contributed by atoms with Crippen LogP contribution in [0.3, 0.4) is 0 Å². The molecule has 0 fully saturated rings. The van der Waals surface area contributed by atoms with Crippen molar-refractivity contribution in [3.63, 3.8) is 0 Å². The average Bonchev–Trinajstić information content (AvgIpc) is 2.82. The predicted molar refractivity (Wildman–Crippen MR) is 76.6 cm³/mol. The molecule has 0 bridgehead atoms. The lowest BCUT2D eigenvalue weighted by atomic mass is 10.1. The van der Waals surface area contributed by atoms with Crippen molar-refractivity contribution in [3.8, 4) is 0 Å². The fourth-order valence-electron chi connectivity index (χ4n) is 1.80. The summed E-state index contributed by atoms with van der Waals surface area (Å²) in [4.78, 5) is 23.6. The lowest BCUT2D eigenvalue weighted by Gasteiger charge is -2.03. The lowest BCUT2D eigenvalue weighted by molar-refractivity contribution is -0.116. The number of nitrogens with zero attached hydrogens (tertiary/aromatic N) is 2. The van der Waals surface area contributed by atoms with Gasteiger partial charge in [-0.2, -0.15) is 5.10 Å². The first-order chi connectivity index (χ1) is 9.54. The van der Waals surface area contributed by atoms with Crippen LogP contribution in [-0.4, -0.2) is 21.5 Å². The van der Waals surface area contributed by atoms with Gasteiger partial charge in [0.2, 0.25) is 5.91 Å². The Morgan fingerprint density at radius 3 is 2.45 bits per heavy atom. The maximum absolute atomic E-state index is 11.9. The van der Waals surface area contributed by atoms with Crippen LogP contribution in [0.15, 0.2) is 36.5 Å². The number of carbonyl (C=O) groups excluding carboxylic acids is 2. The van der Waals surface area contributed by atoms with Crippen molar-refractivity contribution in [2.45, 2.75) is 19.8 Å². The largest absolute Gasteiger partial charge is 0.309 e. The molecule has 0 aliphatic carbocycles. The molecule has 0 saturated heterocycles. The van der Waals surface area contributed by atoms with Gasteiger partial charge in [0.05, 0.1) is 0 Å². The minimum atomic E-state index is -0.204. The summed E-state index contributed by atoms with van der Waals surface area (Å²) in [6.45, 7) is 1.97. The van der Waals surface area contributed by atoms with Crippen molar-refractivity contribution in [2.24, 2.45) is 7.05 Å². The Labute approximate surface area is 117 Å². The second-order valence-corrected chi connectivity index (χ2v) is 4.71. The molecule has 0 unspecified atom stereocenters. The monoisotopic (exact) mass is 271 g/mol. The second-order valence-electron chi connectivity index (χ2n) is 4.71. The molecule has 1 N–H and O–H groups in total. The van der Waals surface area contributed by atoms with E-state index in [4.69, 9.17) is 0 Å². The number of amides is 1. The third kappa shape index (κ3) is 3.78. The number of aryl methyl sites for hydroxylation is 2. The number of carbonyl (C=O) groups is 2. The number of aromatic nitrogens is 2. The van der Waals surface area contributed by atoms with E-state index in [0.717, 1.165) is 5.56 Å². The molecule has 5 heteroatoms. The Kier molecular flexibility index (Phi) is 4.30. The van der Waals surface area contributed by atoms with Gasteiger partial charge in [0.15, 0.2) is 11.6 Å². The Hall–Kier alpha value is -2.43. The second kappa shape index (κ2) is 6.14. The predicted octanol–water partition coefficient (Wildman–Crippen LogP) is 2.33. The van der Waals surface area contributed by atoms with Crippen LogP contribution in [0.5, 0.6) is 0 Å². The Morgan fingerprint density at radius 2 is 1.85 bits per heavy atom. The first-order valence-corrected chi connectivity index (χ1v) is 6.44. The minimum absolute atomic E-state index is 0.0267. The van der Waals surface area contributed by atoms with Crippen molar-refractivity contribution in [1.29, 1.82) is 0 Å². The Balaban J connectivity index is 1.84. The summed E-state index contributed by atoms with van der Waals surface area (Å²) < 4.78 is 1.60. The molecule has 2 aromatic rings. The smallest absolute Gasteiger partial charge is 0.226 e. The summed E-state index contributed by atoms with van der Waals surface area (Å²) in [5, 5.41) is 6.70. The molecule has 0 saturated carbocycles. The van der Waals surface area contributed by atoms with Crippen LogP contribution in [0.25, 0.3) is 0 Å². The van der Waals surface area contributed by atoms with Crippen LogP contribution in [0.1, 0.15) is 28.8 Å². The average molecular weight is 271 g/mol. The first-order valence-electron chi connectivity index (χ1n) is 6.44. The minimum Gasteiger partial charge on any atom is -0.309 e. The summed E-state index contributed by atoms with van der Waals surface area (Å²) in [6, 6.07) is 9.06.